The van der Waals surface area contributed by atoms with Gasteiger partial charge in [-0.15, -0.1) is 11.3 Å². The Balaban J connectivity index is 1.67. The van der Waals surface area contributed by atoms with Crippen molar-refractivity contribution in [2.24, 2.45) is 4.99 Å². The van der Waals surface area contributed by atoms with Gasteiger partial charge in [-0.05, 0) is 23.8 Å². The van der Waals surface area contributed by atoms with Gasteiger partial charge in [0.15, 0.2) is 11.4 Å². The number of halogens is 1. The molecule has 3 aromatic rings. The largest absolute Gasteiger partial charge is 0.457 e. The van der Waals surface area contributed by atoms with Crippen molar-refractivity contribution in [1.82, 2.24) is 4.57 Å². The normalized spacial score (nSPS) is 11.5. The second-order valence-corrected chi connectivity index (χ2v) is 6.24. The van der Waals surface area contributed by atoms with Crippen molar-refractivity contribution >= 4 is 34.8 Å². The SMILES string of the molecule is O=C(COC(=O)c1ccco1)N=c1sccn1Cc1ccccc1Cl. The number of aromatic nitrogens is 1. The average molecular weight is 377 g/mol. The highest BCUT2D eigenvalue weighted by atomic mass is 35.5. The van der Waals surface area contributed by atoms with E-state index < -0.39 is 18.5 Å². The third kappa shape index (κ3) is 4.46. The van der Waals surface area contributed by atoms with Gasteiger partial charge in [0.25, 0.3) is 5.91 Å². The smallest absolute Gasteiger partial charge is 0.374 e. The maximum atomic E-state index is 11.9. The first-order valence-electron chi connectivity index (χ1n) is 7.29. The maximum absolute atomic E-state index is 11.9. The van der Waals surface area contributed by atoms with Crippen LogP contribution >= 0.6 is 22.9 Å². The highest BCUT2D eigenvalue weighted by molar-refractivity contribution is 7.07. The molecular formula is C17H13ClN2O4S. The van der Waals surface area contributed by atoms with Crippen LogP contribution in [0, 0.1) is 0 Å². The summed E-state index contributed by atoms with van der Waals surface area (Å²) in [6.07, 6.45) is 3.17. The molecule has 1 amide bonds. The van der Waals surface area contributed by atoms with E-state index in [1.807, 2.05) is 29.8 Å². The van der Waals surface area contributed by atoms with Crippen LogP contribution in [0.15, 0.2) is 63.6 Å². The summed E-state index contributed by atoms with van der Waals surface area (Å²) < 4.78 is 11.6. The number of rotatable bonds is 5. The van der Waals surface area contributed by atoms with Crippen LogP contribution < -0.4 is 4.80 Å². The third-order valence-corrected chi connectivity index (χ3v) is 4.39. The lowest BCUT2D eigenvalue weighted by Crippen LogP contribution is -2.20. The minimum absolute atomic E-state index is 0.0395. The maximum Gasteiger partial charge on any atom is 0.374 e. The Morgan fingerprint density at radius 1 is 1.24 bits per heavy atom. The number of ether oxygens (including phenoxy) is 1. The van der Waals surface area contributed by atoms with Gasteiger partial charge in [0.05, 0.1) is 12.8 Å². The molecule has 8 heteroatoms. The van der Waals surface area contributed by atoms with E-state index in [0.717, 1.165) is 5.56 Å². The molecule has 0 saturated carbocycles. The molecule has 6 nitrogen and oxygen atoms in total. The molecule has 0 saturated heterocycles. The number of nitrogens with zero attached hydrogens (tertiary/aromatic N) is 2. The number of amides is 1. The van der Waals surface area contributed by atoms with Gasteiger partial charge in [0, 0.05) is 16.6 Å². The fourth-order valence-corrected chi connectivity index (χ4v) is 2.99. The molecule has 128 valence electrons. The molecule has 0 spiro atoms. The standard InChI is InChI=1S/C17H13ClN2O4S/c18-13-5-2-1-4-12(13)10-20-7-9-25-17(20)19-15(21)11-24-16(22)14-6-3-8-23-14/h1-9H,10-11H2. The van der Waals surface area contributed by atoms with Crippen LogP contribution in [0.3, 0.4) is 0 Å². The third-order valence-electron chi connectivity index (χ3n) is 3.23. The first kappa shape index (κ1) is 17.2. The van der Waals surface area contributed by atoms with Gasteiger partial charge in [-0.1, -0.05) is 29.8 Å². The fourth-order valence-electron chi connectivity index (χ4n) is 2.05. The number of hydrogen-bond acceptors (Lipinski definition) is 5. The molecule has 0 aliphatic heterocycles. The number of esters is 1. The van der Waals surface area contributed by atoms with Crippen LogP contribution in [0.1, 0.15) is 16.1 Å². The Bertz CT molecular complexity index is 943. The first-order valence-corrected chi connectivity index (χ1v) is 8.55. The van der Waals surface area contributed by atoms with Crippen LogP contribution in [0.25, 0.3) is 0 Å². The van der Waals surface area contributed by atoms with Crippen LogP contribution in [0.5, 0.6) is 0 Å². The van der Waals surface area contributed by atoms with E-state index in [0.29, 0.717) is 16.4 Å². The predicted molar refractivity (Wildman–Crippen MR) is 92.4 cm³/mol. The molecule has 0 atom stereocenters. The van der Waals surface area contributed by atoms with Crippen LogP contribution in [-0.4, -0.2) is 23.1 Å². The summed E-state index contributed by atoms with van der Waals surface area (Å²) in [5.74, 6) is -1.23. The van der Waals surface area contributed by atoms with Crippen molar-refractivity contribution in [1.29, 1.82) is 0 Å². The molecule has 2 aromatic heterocycles. The second kappa shape index (κ2) is 7.96. The molecule has 0 aliphatic rings. The number of benzene rings is 1. The lowest BCUT2D eigenvalue weighted by molar-refractivity contribution is -0.121. The van der Waals surface area contributed by atoms with Gasteiger partial charge < -0.3 is 13.7 Å². The Morgan fingerprint density at radius 3 is 2.84 bits per heavy atom. The monoisotopic (exact) mass is 376 g/mol. The van der Waals surface area contributed by atoms with Crippen LogP contribution in [0.4, 0.5) is 0 Å². The summed E-state index contributed by atoms with van der Waals surface area (Å²) >= 11 is 7.47. The molecule has 0 bridgehead atoms. The number of carbonyl (C=O) groups is 2. The summed E-state index contributed by atoms with van der Waals surface area (Å²) in [5.41, 5.74) is 0.917. The topological polar surface area (TPSA) is 73.8 Å². The zero-order chi connectivity index (χ0) is 17.6. The molecule has 0 unspecified atom stereocenters. The van der Waals surface area contributed by atoms with E-state index in [1.165, 1.54) is 23.7 Å². The zero-order valence-corrected chi connectivity index (χ0v) is 14.5. The Labute approximate surface area is 152 Å². The van der Waals surface area contributed by atoms with E-state index in [-0.39, 0.29) is 5.76 Å². The molecule has 1 aromatic carbocycles. The summed E-state index contributed by atoms with van der Waals surface area (Å²) in [4.78, 5) is 28.1. The van der Waals surface area contributed by atoms with E-state index in [2.05, 4.69) is 4.99 Å². The minimum Gasteiger partial charge on any atom is -0.457 e. The van der Waals surface area contributed by atoms with Crippen molar-refractivity contribution < 1.29 is 18.7 Å². The molecule has 0 aliphatic carbocycles. The second-order valence-electron chi connectivity index (χ2n) is 4.96. The minimum atomic E-state index is -0.705. The Hall–Kier alpha value is -2.64. The zero-order valence-electron chi connectivity index (χ0n) is 12.9. The van der Waals surface area contributed by atoms with Crippen molar-refractivity contribution in [3.8, 4) is 0 Å². The summed E-state index contributed by atoms with van der Waals surface area (Å²) in [7, 11) is 0. The average Bonchev–Trinajstić information content (AvgIpc) is 3.27. The molecule has 0 N–H and O–H groups in total. The molecule has 2 heterocycles. The first-order chi connectivity index (χ1) is 12.1. The Morgan fingerprint density at radius 2 is 2.08 bits per heavy atom. The van der Waals surface area contributed by atoms with Crippen molar-refractivity contribution in [3.63, 3.8) is 0 Å². The van der Waals surface area contributed by atoms with E-state index in [4.69, 9.17) is 20.8 Å². The highest BCUT2D eigenvalue weighted by Crippen LogP contribution is 2.15. The van der Waals surface area contributed by atoms with Gasteiger partial charge in [0.1, 0.15) is 0 Å². The van der Waals surface area contributed by atoms with E-state index >= 15 is 0 Å². The van der Waals surface area contributed by atoms with Crippen LogP contribution in [0.2, 0.25) is 5.02 Å². The van der Waals surface area contributed by atoms with Crippen molar-refractivity contribution in [2.45, 2.75) is 6.54 Å². The van der Waals surface area contributed by atoms with Crippen LogP contribution in [-0.2, 0) is 16.1 Å². The lowest BCUT2D eigenvalue weighted by atomic mass is 10.2. The van der Waals surface area contributed by atoms with Gasteiger partial charge in [-0.3, -0.25) is 4.79 Å². The lowest BCUT2D eigenvalue weighted by Gasteiger charge is -2.05. The van der Waals surface area contributed by atoms with Crippen molar-refractivity contribution in [2.75, 3.05) is 6.61 Å². The van der Waals surface area contributed by atoms with Gasteiger partial charge in [0.2, 0.25) is 5.76 Å². The fraction of sp³-hybridized carbons (Fsp3) is 0.118. The van der Waals surface area contributed by atoms with Gasteiger partial charge in [-0.25, -0.2) is 4.79 Å². The quantitative estimate of drug-likeness (QED) is 0.641. The molecule has 0 fully saturated rings. The number of furan rings is 1. The summed E-state index contributed by atoms with van der Waals surface area (Å²) in [6.45, 7) is 0.0327. The number of carbonyl (C=O) groups excluding carboxylic acids is 2. The highest BCUT2D eigenvalue weighted by Gasteiger charge is 2.12. The van der Waals surface area contributed by atoms with Gasteiger partial charge >= 0.3 is 5.97 Å². The summed E-state index contributed by atoms with van der Waals surface area (Å²) in [6, 6.07) is 10.5. The number of thiazole rings is 1. The molecule has 0 radical (unpaired) electrons. The van der Waals surface area contributed by atoms with E-state index in [9.17, 15) is 9.59 Å². The molecular weight excluding hydrogens is 364 g/mol. The Kier molecular flexibility index (Phi) is 5.47. The predicted octanol–water partition coefficient (Wildman–Crippen LogP) is 3.13. The summed E-state index contributed by atoms with van der Waals surface area (Å²) in [5, 5.41) is 2.46. The van der Waals surface area contributed by atoms with Crippen molar-refractivity contribution in [3.05, 3.63) is 75.4 Å². The number of hydrogen-bond donors (Lipinski definition) is 0. The van der Waals surface area contributed by atoms with Gasteiger partial charge in [-0.2, -0.15) is 4.99 Å². The van der Waals surface area contributed by atoms with E-state index in [1.54, 1.807) is 16.7 Å². The molecule has 3 rings (SSSR count). The molecule has 25 heavy (non-hydrogen) atoms.